The molecular formula is C16H19F3N4O. The highest BCUT2D eigenvalue weighted by Gasteiger charge is 2.42. The van der Waals surface area contributed by atoms with Crippen LogP contribution in [0.25, 0.3) is 0 Å². The third-order valence-corrected chi connectivity index (χ3v) is 4.23. The first kappa shape index (κ1) is 16.8. The summed E-state index contributed by atoms with van der Waals surface area (Å²) < 4.78 is 45.6. The van der Waals surface area contributed by atoms with Gasteiger partial charge in [0.05, 0.1) is 19.6 Å². The van der Waals surface area contributed by atoms with Gasteiger partial charge in [0.25, 0.3) is 0 Å². The number of benzene rings is 1. The van der Waals surface area contributed by atoms with Crippen molar-refractivity contribution < 1.29 is 17.9 Å². The number of halogens is 3. The fourth-order valence-electron chi connectivity index (χ4n) is 2.88. The van der Waals surface area contributed by atoms with Gasteiger partial charge >= 0.3 is 6.18 Å². The minimum absolute atomic E-state index is 0.0822. The highest BCUT2D eigenvalue weighted by atomic mass is 19.4. The molecule has 0 amide bonds. The van der Waals surface area contributed by atoms with Crippen LogP contribution >= 0.6 is 0 Å². The maximum atomic E-state index is 12.9. The van der Waals surface area contributed by atoms with Crippen molar-refractivity contribution in [2.75, 3.05) is 7.11 Å². The number of aryl methyl sites for hydroxylation is 1. The summed E-state index contributed by atoms with van der Waals surface area (Å²) in [5.74, 6) is 0.621. The van der Waals surface area contributed by atoms with Crippen LogP contribution in [0.3, 0.4) is 0 Å². The summed E-state index contributed by atoms with van der Waals surface area (Å²) in [6.07, 6.45) is -3.78. The quantitative estimate of drug-likeness (QED) is 0.909. The molecule has 1 atom stereocenters. The van der Waals surface area contributed by atoms with Gasteiger partial charge in [-0.1, -0.05) is 12.1 Å². The van der Waals surface area contributed by atoms with Gasteiger partial charge in [-0.2, -0.15) is 13.2 Å². The molecule has 1 N–H and O–H groups in total. The summed E-state index contributed by atoms with van der Waals surface area (Å²) in [6, 6.07) is 7.61. The van der Waals surface area contributed by atoms with E-state index in [-0.39, 0.29) is 13.0 Å². The van der Waals surface area contributed by atoms with Gasteiger partial charge in [0.15, 0.2) is 0 Å². The average Bonchev–Trinajstić information content (AvgIpc) is 2.97. The van der Waals surface area contributed by atoms with Crippen LogP contribution in [-0.2, 0) is 26.1 Å². The van der Waals surface area contributed by atoms with E-state index in [0.29, 0.717) is 31.2 Å². The number of hydrogen-bond acceptors (Lipinski definition) is 4. The van der Waals surface area contributed by atoms with Gasteiger partial charge < -0.3 is 14.6 Å². The molecule has 5 nitrogen and oxygen atoms in total. The predicted molar refractivity (Wildman–Crippen MR) is 81.4 cm³/mol. The minimum Gasteiger partial charge on any atom is -0.497 e. The monoisotopic (exact) mass is 340 g/mol. The summed E-state index contributed by atoms with van der Waals surface area (Å²) >= 11 is 0. The molecule has 0 saturated carbocycles. The lowest BCUT2D eigenvalue weighted by molar-refractivity contribution is -0.182. The molecule has 0 bridgehead atoms. The third kappa shape index (κ3) is 3.69. The smallest absolute Gasteiger partial charge is 0.393 e. The standard InChI is InChI=1S/C16H19F3N4O/c1-24-13-4-2-3-11(7-13)8-20-9-15-22-21-14-6-5-12(10-23(14)15)16(17,18)19/h2-4,7,12,20H,5-6,8-10H2,1H3. The molecule has 1 aliphatic rings. The first-order valence-electron chi connectivity index (χ1n) is 7.78. The van der Waals surface area contributed by atoms with Crippen LogP contribution in [-0.4, -0.2) is 28.1 Å². The number of fused-ring (bicyclic) bond motifs is 1. The van der Waals surface area contributed by atoms with Gasteiger partial charge in [-0.3, -0.25) is 0 Å². The molecule has 1 aromatic heterocycles. The van der Waals surface area contributed by atoms with E-state index in [2.05, 4.69) is 15.5 Å². The highest BCUT2D eigenvalue weighted by molar-refractivity contribution is 5.28. The van der Waals surface area contributed by atoms with E-state index in [1.54, 1.807) is 11.7 Å². The van der Waals surface area contributed by atoms with Gasteiger partial charge in [-0.15, -0.1) is 10.2 Å². The third-order valence-electron chi connectivity index (χ3n) is 4.23. The SMILES string of the molecule is COc1cccc(CNCc2nnc3n2CC(C(F)(F)F)CC3)c1. The van der Waals surface area contributed by atoms with Crippen molar-refractivity contribution in [3.05, 3.63) is 41.5 Å². The van der Waals surface area contributed by atoms with Crippen LogP contribution in [0, 0.1) is 5.92 Å². The predicted octanol–water partition coefficient (Wildman–Crippen LogP) is 2.70. The first-order valence-corrected chi connectivity index (χ1v) is 7.78. The normalized spacial score (nSPS) is 17.6. The first-order chi connectivity index (χ1) is 11.5. The number of ether oxygens (including phenoxy) is 1. The Kier molecular flexibility index (Phi) is 4.75. The molecule has 0 spiro atoms. The highest BCUT2D eigenvalue weighted by Crippen LogP contribution is 2.34. The van der Waals surface area contributed by atoms with Gasteiger partial charge in [0.1, 0.15) is 17.4 Å². The Balaban J connectivity index is 1.62. The van der Waals surface area contributed by atoms with Crippen LogP contribution in [0.1, 0.15) is 23.6 Å². The summed E-state index contributed by atoms with van der Waals surface area (Å²) in [5.41, 5.74) is 1.03. The Bertz CT molecular complexity index is 699. The van der Waals surface area contributed by atoms with Crippen molar-refractivity contribution in [1.82, 2.24) is 20.1 Å². The van der Waals surface area contributed by atoms with Crippen molar-refractivity contribution in [2.45, 2.75) is 38.7 Å². The van der Waals surface area contributed by atoms with Crippen molar-refractivity contribution in [3.8, 4) is 5.75 Å². The zero-order valence-corrected chi connectivity index (χ0v) is 13.3. The number of rotatable bonds is 5. The number of alkyl halides is 3. The largest absolute Gasteiger partial charge is 0.497 e. The number of methoxy groups -OCH3 is 1. The Hall–Kier alpha value is -2.09. The van der Waals surface area contributed by atoms with E-state index in [0.717, 1.165) is 11.3 Å². The Labute approximate surface area is 137 Å². The van der Waals surface area contributed by atoms with Crippen LogP contribution in [0.15, 0.2) is 24.3 Å². The molecule has 1 aliphatic heterocycles. The molecule has 3 rings (SSSR count). The van der Waals surface area contributed by atoms with Gasteiger partial charge in [0.2, 0.25) is 0 Å². The Morgan fingerprint density at radius 3 is 2.88 bits per heavy atom. The number of aromatic nitrogens is 3. The van der Waals surface area contributed by atoms with Crippen molar-refractivity contribution in [1.29, 1.82) is 0 Å². The Morgan fingerprint density at radius 2 is 2.12 bits per heavy atom. The molecule has 0 radical (unpaired) electrons. The van der Waals surface area contributed by atoms with Gasteiger partial charge in [0, 0.05) is 19.5 Å². The van der Waals surface area contributed by atoms with E-state index in [1.165, 1.54) is 0 Å². The molecule has 2 heterocycles. The van der Waals surface area contributed by atoms with E-state index < -0.39 is 12.1 Å². The number of nitrogens with one attached hydrogen (secondary N) is 1. The maximum Gasteiger partial charge on any atom is 0.393 e. The van der Waals surface area contributed by atoms with E-state index in [4.69, 9.17) is 4.74 Å². The molecule has 24 heavy (non-hydrogen) atoms. The maximum absolute atomic E-state index is 12.9. The molecule has 0 saturated heterocycles. The topological polar surface area (TPSA) is 52.0 Å². The van der Waals surface area contributed by atoms with Gasteiger partial charge in [-0.05, 0) is 24.1 Å². The lowest BCUT2D eigenvalue weighted by Crippen LogP contribution is -2.33. The van der Waals surface area contributed by atoms with Crippen molar-refractivity contribution in [2.24, 2.45) is 5.92 Å². The second kappa shape index (κ2) is 6.80. The van der Waals surface area contributed by atoms with Crippen molar-refractivity contribution in [3.63, 3.8) is 0 Å². The van der Waals surface area contributed by atoms with Crippen LogP contribution in [0.5, 0.6) is 5.75 Å². The van der Waals surface area contributed by atoms with E-state index in [1.807, 2.05) is 24.3 Å². The van der Waals surface area contributed by atoms with Gasteiger partial charge in [-0.25, -0.2) is 0 Å². The van der Waals surface area contributed by atoms with E-state index >= 15 is 0 Å². The molecule has 1 aromatic carbocycles. The zero-order chi connectivity index (χ0) is 17.2. The minimum atomic E-state index is -4.17. The lowest BCUT2D eigenvalue weighted by atomic mass is 9.99. The molecule has 2 aromatic rings. The van der Waals surface area contributed by atoms with Crippen LogP contribution in [0.4, 0.5) is 13.2 Å². The number of nitrogens with zero attached hydrogens (tertiary/aromatic N) is 3. The van der Waals surface area contributed by atoms with E-state index in [9.17, 15) is 13.2 Å². The molecule has 0 fully saturated rings. The summed E-state index contributed by atoms with van der Waals surface area (Å²) in [7, 11) is 1.60. The molecule has 1 unspecified atom stereocenters. The molecule has 0 aliphatic carbocycles. The fraction of sp³-hybridized carbons (Fsp3) is 0.500. The molecule has 8 heteroatoms. The van der Waals surface area contributed by atoms with Crippen molar-refractivity contribution >= 4 is 0 Å². The summed E-state index contributed by atoms with van der Waals surface area (Å²) in [6.45, 7) is 0.846. The van der Waals surface area contributed by atoms with Crippen LogP contribution in [0.2, 0.25) is 0 Å². The molecule has 130 valence electrons. The summed E-state index contributed by atoms with van der Waals surface area (Å²) in [5, 5.41) is 11.2. The summed E-state index contributed by atoms with van der Waals surface area (Å²) in [4.78, 5) is 0. The second-order valence-corrected chi connectivity index (χ2v) is 5.88. The Morgan fingerprint density at radius 1 is 1.29 bits per heavy atom. The average molecular weight is 340 g/mol. The second-order valence-electron chi connectivity index (χ2n) is 5.88. The zero-order valence-electron chi connectivity index (χ0n) is 13.3. The molecular weight excluding hydrogens is 321 g/mol. The fourth-order valence-corrected chi connectivity index (χ4v) is 2.88. The number of hydrogen-bond donors (Lipinski definition) is 1. The lowest BCUT2D eigenvalue weighted by Gasteiger charge is -2.26. The van der Waals surface area contributed by atoms with Crippen LogP contribution < -0.4 is 10.1 Å².